The highest BCUT2D eigenvalue weighted by atomic mass is 16.2. The Bertz CT molecular complexity index is 347. The average molecular weight is 210 g/mol. The average Bonchev–Trinajstić information content (AvgIpc) is 2.17. The second-order valence-corrected chi connectivity index (χ2v) is 3.34. The number of carbonyl (C=O) groups excluding carboxylic acids is 3. The van der Waals surface area contributed by atoms with Gasteiger partial charge in [-0.1, -0.05) is 11.6 Å². The van der Waals surface area contributed by atoms with Crippen LogP contribution >= 0.6 is 0 Å². The zero-order valence-electron chi connectivity index (χ0n) is 9.03. The van der Waals surface area contributed by atoms with Crippen molar-refractivity contribution in [1.29, 1.82) is 0 Å². The number of hydrogen-bond donors (Lipinski definition) is 1. The summed E-state index contributed by atoms with van der Waals surface area (Å²) < 4.78 is 0. The molecule has 5 nitrogen and oxygen atoms in total. The third-order valence-corrected chi connectivity index (χ3v) is 2.48. The highest BCUT2D eigenvalue weighted by Crippen LogP contribution is 2.18. The van der Waals surface area contributed by atoms with E-state index in [9.17, 15) is 14.4 Å². The van der Waals surface area contributed by atoms with Crippen molar-refractivity contribution in [1.82, 2.24) is 10.2 Å². The SMILES string of the molecule is C/C=C(\C)[C@H]1C(=O)NC(=O)N(CC)C1=O. The van der Waals surface area contributed by atoms with Crippen LogP contribution in [-0.2, 0) is 9.59 Å². The molecule has 5 heteroatoms. The van der Waals surface area contributed by atoms with Crippen LogP contribution in [0.25, 0.3) is 0 Å². The number of rotatable bonds is 2. The Labute approximate surface area is 88.1 Å². The summed E-state index contributed by atoms with van der Waals surface area (Å²) in [5, 5.41) is 2.16. The first-order valence-corrected chi connectivity index (χ1v) is 4.81. The van der Waals surface area contributed by atoms with Gasteiger partial charge in [-0.15, -0.1) is 0 Å². The van der Waals surface area contributed by atoms with Gasteiger partial charge < -0.3 is 0 Å². The lowest BCUT2D eigenvalue weighted by Gasteiger charge is -2.29. The number of amides is 4. The maximum atomic E-state index is 11.8. The molecule has 1 heterocycles. The molecule has 1 aliphatic heterocycles. The molecule has 1 atom stereocenters. The van der Waals surface area contributed by atoms with Crippen molar-refractivity contribution in [3.8, 4) is 0 Å². The molecule has 1 aliphatic rings. The Kier molecular flexibility index (Phi) is 3.24. The van der Waals surface area contributed by atoms with Crippen LogP contribution in [0.5, 0.6) is 0 Å². The van der Waals surface area contributed by atoms with Crippen LogP contribution in [0.1, 0.15) is 20.8 Å². The van der Waals surface area contributed by atoms with Crippen molar-refractivity contribution < 1.29 is 14.4 Å². The third-order valence-electron chi connectivity index (χ3n) is 2.48. The highest BCUT2D eigenvalue weighted by Gasteiger charge is 2.40. The van der Waals surface area contributed by atoms with E-state index in [-0.39, 0.29) is 6.54 Å². The summed E-state index contributed by atoms with van der Waals surface area (Å²) in [5.74, 6) is -1.83. The number of barbiturate groups is 1. The maximum absolute atomic E-state index is 11.8. The molecule has 0 aromatic carbocycles. The van der Waals surface area contributed by atoms with Gasteiger partial charge in [-0.3, -0.25) is 19.8 Å². The number of carbonyl (C=O) groups is 3. The van der Waals surface area contributed by atoms with Crippen LogP contribution in [0.15, 0.2) is 11.6 Å². The van der Waals surface area contributed by atoms with Crippen molar-refractivity contribution in [2.45, 2.75) is 20.8 Å². The molecular formula is C10H14N2O3. The molecule has 1 rings (SSSR count). The molecule has 0 saturated carbocycles. The molecular weight excluding hydrogens is 196 g/mol. The van der Waals surface area contributed by atoms with Gasteiger partial charge in [0.1, 0.15) is 5.92 Å². The number of hydrogen-bond acceptors (Lipinski definition) is 3. The molecule has 15 heavy (non-hydrogen) atoms. The highest BCUT2D eigenvalue weighted by molar-refractivity contribution is 6.17. The van der Waals surface area contributed by atoms with Gasteiger partial charge in [0.2, 0.25) is 11.8 Å². The fourth-order valence-corrected chi connectivity index (χ4v) is 1.48. The molecule has 0 spiro atoms. The van der Waals surface area contributed by atoms with Crippen molar-refractivity contribution in [2.75, 3.05) is 6.54 Å². The molecule has 0 aromatic heterocycles. The molecule has 4 amide bonds. The largest absolute Gasteiger partial charge is 0.330 e. The van der Waals surface area contributed by atoms with Crippen LogP contribution in [0, 0.1) is 5.92 Å². The van der Waals surface area contributed by atoms with E-state index in [2.05, 4.69) is 5.32 Å². The van der Waals surface area contributed by atoms with Crippen molar-refractivity contribution in [3.05, 3.63) is 11.6 Å². The standard InChI is InChI=1S/C10H14N2O3/c1-4-6(3)7-8(13)11-10(15)12(5-2)9(7)14/h4,7H,5H2,1-3H3,(H,11,13,15)/b6-4+/t7-/m0/s1. The van der Waals surface area contributed by atoms with Crippen LogP contribution in [-0.4, -0.2) is 29.3 Å². The fourth-order valence-electron chi connectivity index (χ4n) is 1.48. The van der Waals surface area contributed by atoms with E-state index >= 15 is 0 Å². The predicted molar refractivity (Wildman–Crippen MR) is 53.8 cm³/mol. The molecule has 0 aliphatic carbocycles. The Balaban J connectivity index is 3.03. The van der Waals surface area contributed by atoms with Crippen molar-refractivity contribution in [3.63, 3.8) is 0 Å². The number of nitrogens with one attached hydrogen (secondary N) is 1. The molecule has 82 valence electrons. The van der Waals surface area contributed by atoms with Gasteiger partial charge in [0.05, 0.1) is 0 Å². The zero-order valence-corrected chi connectivity index (χ0v) is 9.03. The summed E-state index contributed by atoms with van der Waals surface area (Å²) in [4.78, 5) is 35.5. The molecule has 0 unspecified atom stereocenters. The Morgan fingerprint density at radius 2 is 2.07 bits per heavy atom. The van der Waals surface area contributed by atoms with E-state index in [4.69, 9.17) is 0 Å². The molecule has 0 aromatic rings. The van der Waals surface area contributed by atoms with E-state index in [1.165, 1.54) is 0 Å². The van der Waals surface area contributed by atoms with Crippen molar-refractivity contribution in [2.24, 2.45) is 5.92 Å². The molecule has 1 fully saturated rings. The van der Waals surface area contributed by atoms with E-state index in [1.807, 2.05) is 0 Å². The summed E-state index contributed by atoms with van der Waals surface area (Å²) in [5.41, 5.74) is 0.656. The van der Waals surface area contributed by atoms with Gasteiger partial charge in [0, 0.05) is 6.54 Å². The third kappa shape index (κ3) is 1.91. The van der Waals surface area contributed by atoms with E-state index in [1.54, 1.807) is 26.8 Å². The summed E-state index contributed by atoms with van der Waals surface area (Å²) in [7, 11) is 0. The quantitative estimate of drug-likeness (QED) is 0.538. The minimum Gasteiger partial charge on any atom is -0.277 e. The summed E-state index contributed by atoms with van der Waals surface area (Å²) in [6.07, 6.45) is 1.70. The normalized spacial score (nSPS) is 23.1. The van der Waals surface area contributed by atoms with Crippen LogP contribution < -0.4 is 5.32 Å². The van der Waals surface area contributed by atoms with Gasteiger partial charge >= 0.3 is 6.03 Å². The second-order valence-electron chi connectivity index (χ2n) is 3.34. The lowest BCUT2D eigenvalue weighted by atomic mass is 9.96. The minimum absolute atomic E-state index is 0.269. The van der Waals surface area contributed by atoms with E-state index in [0.29, 0.717) is 5.57 Å². The molecule has 0 radical (unpaired) electrons. The summed E-state index contributed by atoms with van der Waals surface area (Å²) >= 11 is 0. The van der Waals surface area contributed by atoms with Gasteiger partial charge in [0.25, 0.3) is 0 Å². The summed E-state index contributed by atoms with van der Waals surface area (Å²) in [6, 6.07) is -0.632. The Hall–Kier alpha value is -1.65. The second kappa shape index (κ2) is 4.25. The Morgan fingerprint density at radius 1 is 1.47 bits per heavy atom. The number of imide groups is 2. The first-order chi connectivity index (χ1) is 7.02. The first kappa shape index (κ1) is 11.4. The summed E-state index contributed by atoms with van der Waals surface area (Å²) in [6.45, 7) is 5.41. The lowest BCUT2D eigenvalue weighted by Crippen LogP contribution is -2.57. The predicted octanol–water partition coefficient (Wildman–Crippen LogP) is 0.667. The molecule has 1 saturated heterocycles. The van der Waals surface area contributed by atoms with Gasteiger partial charge in [-0.2, -0.15) is 0 Å². The first-order valence-electron chi connectivity index (χ1n) is 4.81. The topological polar surface area (TPSA) is 66.5 Å². The lowest BCUT2D eigenvalue weighted by molar-refractivity contribution is -0.140. The van der Waals surface area contributed by atoms with Crippen LogP contribution in [0.2, 0.25) is 0 Å². The van der Waals surface area contributed by atoms with E-state index < -0.39 is 23.8 Å². The number of allylic oxidation sites excluding steroid dienone is 1. The van der Waals surface area contributed by atoms with Gasteiger partial charge in [-0.05, 0) is 20.8 Å². The number of nitrogens with zero attached hydrogens (tertiary/aromatic N) is 1. The zero-order chi connectivity index (χ0) is 11.6. The fraction of sp³-hybridized carbons (Fsp3) is 0.500. The van der Waals surface area contributed by atoms with Gasteiger partial charge in [-0.25, -0.2) is 4.79 Å². The van der Waals surface area contributed by atoms with Crippen molar-refractivity contribution >= 4 is 17.8 Å². The molecule has 0 bridgehead atoms. The Morgan fingerprint density at radius 3 is 2.53 bits per heavy atom. The van der Waals surface area contributed by atoms with Gasteiger partial charge in [0.15, 0.2) is 0 Å². The maximum Gasteiger partial charge on any atom is 0.330 e. The van der Waals surface area contributed by atoms with Crippen LogP contribution in [0.3, 0.4) is 0 Å². The van der Waals surface area contributed by atoms with Crippen LogP contribution in [0.4, 0.5) is 4.79 Å². The smallest absolute Gasteiger partial charge is 0.277 e. The number of urea groups is 1. The van der Waals surface area contributed by atoms with E-state index in [0.717, 1.165) is 4.90 Å². The molecule has 1 N–H and O–H groups in total. The monoisotopic (exact) mass is 210 g/mol. The minimum atomic E-state index is -0.854.